The van der Waals surface area contributed by atoms with E-state index in [0.717, 1.165) is 6.42 Å². The average Bonchev–Trinajstić information content (AvgIpc) is 3.28. The molecule has 21 heavy (non-hydrogen) atoms. The van der Waals surface area contributed by atoms with Gasteiger partial charge in [0.25, 0.3) is 0 Å². The summed E-state index contributed by atoms with van der Waals surface area (Å²) in [4.78, 5) is 11.5. The lowest BCUT2D eigenvalue weighted by atomic mass is 9.96. The van der Waals surface area contributed by atoms with Gasteiger partial charge in [0.15, 0.2) is 0 Å². The number of carboxylic acid groups (broad SMARTS) is 1. The Bertz CT molecular complexity index is 687. The first-order valence-corrected chi connectivity index (χ1v) is 8.52. The molecule has 2 aliphatic carbocycles. The summed E-state index contributed by atoms with van der Waals surface area (Å²) >= 11 is 0. The third-order valence-corrected chi connectivity index (χ3v) is 6.18. The smallest absolute Gasteiger partial charge is 0.314 e. The SMILES string of the molecule is CC1(C)CC1NS(=O)(=O)c1ccc(C2(C(=O)O)CC2)cc1. The number of carbonyl (C=O) groups is 1. The Morgan fingerprint density at radius 1 is 1.24 bits per heavy atom. The van der Waals surface area contributed by atoms with E-state index in [1.165, 1.54) is 12.1 Å². The van der Waals surface area contributed by atoms with Crippen LogP contribution in [0.5, 0.6) is 0 Å². The van der Waals surface area contributed by atoms with Gasteiger partial charge in [-0.05, 0) is 42.4 Å². The zero-order chi connectivity index (χ0) is 15.5. The standard InChI is InChI=1S/C15H19NO4S/c1-14(2)9-12(14)16-21(19,20)11-5-3-10(4-6-11)15(7-8-15)13(17)18/h3-6,12,16H,7-9H2,1-2H3,(H,17,18). The van der Waals surface area contributed by atoms with Gasteiger partial charge in [0.1, 0.15) is 0 Å². The second-order valence-corrected chi connectivity index (χ2v) is 8.49. The van der Waals surface area contributed by atoms with Gasteiger partial charge < -0.3 is 5.11 Å². The van der Waals surface area contributed by atoms with Crippen LogP contribution >= 0.6 is 0 Å². The molecule has 2 aliphatic rings. The molecule has 0 bridgehead atoms. The lowest BCUT2D eigenvalue weighted by molar-refractivity contribution is -0.140. The Hall–Kier alpha value is -1.40. The largest absolute Gasteiger partial charge is 0.481 e. The molecule has 5 nitrogen and oxygen atoms in total. The molecule has 0 saturated heterocycles. The van der Waals surface area contributed by atoms with Crippen LogP contribution in [0.1, 0.15) is 38.7 Å². The van der Waals surface area contributed by atoms with Crippen LogP contribution in [0, 0.1) is 5.41 Å². The van der Waals surface area contributed by atoms with Crippen molar-refractivity contribution in [1.82, 2.24) is 4.72 Å². The number of aliphatic carboxylic acids is 1. The number of rotatable bonds is 5. The minimum Gasteiger partial charge on any atom is -0.481 e. The van der Waals surface area contributed by atoms with E-state index in [9.17, 15) is 18.3 Å². The predicted molar refractivity (Wildman–Crippen MR) is 77.5 cm³/mol. The number of sulfonamides is 1. The molecular formula is C15H19NO4S. The maximum atomic E-state index is 12.3. The van der Waals surface area contributed by atoms with Crippen molar-refractivity contribution in [3.63, 3.8) is 0 Å². The van der Waals surface area contributed by atoms with Crippen LogP contribution in [-0.2, 0) is 20.2 Å². The summed E-state index contributed by atoms with van der Waals surface area (Å²) in [5.74, 6) is -0.837. The van der Waals surface area contributed by atoms with Gasteiger partial charge in [-0.1, -0.05) is 26.0 Å². The van der Waals surface area contributed by atoms with Crippen molar-refractivity contribution < 1.29 is 18.3 Å². The third-order valence-electron chi connectivity index (χ3n) is 4.69. The van der Waals surface area contributed by atoms with E-state index >= 15 is 0 Å². The summed E-state index contributed by atoms with van der Waals surface area (Å²) in [6.07, 6.45) is 2.07. The number of carboxylic acids is 1. The highest BCUT2D eigenvalue weighted by atomic mass is 32.2. The summed E-state index contributed by atoms with van der Waals surface area (Å²) < 4.78 is 27.2. The van der Waals surface area contributed by atoms with Crippen molar-refractivity contribution in [2.75, 3.05) is 0 Å². The van der Waals surface area contributed by atoms with Crippen molar-refractivity contribution in [1.29, 1.82) is 0 Å². The summed E-state index contributed by atoms with van der Waals surface area (Å²) in [6, 6.07) is 6.21. The Morgan fingerprint density at radius 3 is 2.14 bits per heavy atom. The van der Waals surface area contributed by atoms with E-state index < -0.39 is 21.4 Å². The van der Waals surface area contributed by atoms with Crippen LogP contribution in [0.15, 0.2) is 29.2 Å². The molecule has 3 rings (SSSR count). The number of hydrogen-bond donors (Lipinski definition) is 2. The first-order valence-electron chi connectivity index (χ1n) is 7.04. The highest BCUT2D eigenvalue weighted by Gasteiger charge is 2.52. The predicted octanol–water partition coefficient (Wildman–Crippen LogP) is 1.88. The molecule has 2 N–H and O–H groups in total. The van der Waals surface area contributed by atoms with Crippen molar-refractivity contribution in [3.8, 4) is 0 Å². The molecule has 6 heteroatoms. The monoisotopic (exact) mass is 309 g/mol. The molecule has 2 saturated carbocycles. The van der Waals surface area contributed by atoms with E-state index in [0.29, 0.717) is 18.4 Å². The molecule has 1 aromatic carbocycles. The lowest BCUT2D eigenvalue weighted by Gasteiger charge is -2.12. The van der Waals surface area contributed by atoms with E-state index in [1.807, 2.05) is 13.8 Å². The Kier molecular flexibility index (Phi) is 2.98. The van der Waals surface area contributed by atoms with Gasteiger partial charge in [0.2, 0.25) is 10.0 Å². The van der Waals surface area contributed by atoms with E-state index in [1.54, 1.807) is 12.1 Å². The molecule has 0 radical (unpaired) electrons. The van der Waals surface area contributed by atoms with E-state index in [-0.39, 0.29) is 16.4 Å². The average molecular weight is 309 g/mol. The molecule has 0 spiro atoms. The van der Waals surface area contributed by atoms with Crippen LogP contribution in [0.4, 0.5) is 0 Å². The highest BCUT2D eigenvalue weighted by molar-refractivity contribution is 7.89. The molecule has 0 heterocycles. The van der Waals surface area contributed by atoms with Gasteiger partial charge in [-0.25, -0.2) is 13.1 Å². The number of hydrogen-bond acceptors (Lipinski definition) is 3. The molecule has 1 aromatic rings. The van der Waals surface area contributed by atoms with Gasteiger partial charge in [0, 0.05) is 6.04 Å². The molecule has 114 valence electrons. The van der Waals surface area contributed by atoms with Crippen molar-refractivity contribution in [2.45, 2.75) is 49.5 Å². The fourth-order valence-corrected chi connectivity index (χ4v) is 4.04. The lowest BCUT2D eigenvalue weighted by Crippen LogP contribution is -2.28. The minimum atomic E-state index is -3.53. The van der Waals surface area contributed by atoms with Gasteiger partial charge in [-0.3, -0.25) is 4.79 Å². The summed E-state index contributed by atoms with van der Waals surface area (Å²) in [5.41, 5.74) is -0.0940. The molecule has 0 aliphatic heterocycles. The first-order chi connectivity index (χ1) is 9.67. The van der Waals surface area contributed by atoms with Gasteiger partial charge in [0.05, 0.1) is 10.3 Å². The minimum absolute atomic E-state index is 0.0176. The molecule has 0 amide bonds. The molecule has 1 atom stereocenters. The summed E-state index contributed by atoms with van der Waals surface area (Å²) in [6.45, 7) is 4.04. The second-order valence-electron chi connectivity index (χ2n) is 6.78. The Morgan fingerprint density at radius 2 is 1.76 bits per heavy atom. The third kappa shape index (κ3) is 2.46. The van der Waals surface area contributed by atoms with Crippen LogP contribution in [0.3, 0.4) is 0 Å². The maximum Gasteiger partial charge on any atom is 0.314 e. The second kappa shape index (κ2) is 4.30. The quantitative estimate of drug-likeness (QED) is 0.870. The Labute approximate surface area is 124 Å². The first kappa shape index (κ1) is 14.5. The number of benzene rings is 1. The van der Waals surface area contributed by atoms with Crippen LogP contribution in [0.25, 0.3) is 0 Å². The maximum absolute atomic E-state index is 12.3. The molecule has 1 unspecified atom stereocenters. The fraction of sp³-hybridized carbons (Fsp3) is 0.533. The normalized spacial score (nSPS) is 25.3. The zero-order valence-corrected chi connectivity index (χ0v) is 12.9. The van der Waals surface area contributed by atoms with Gasteiger partial charge in [-0.2, -0.15) is 0 Å². The van der Waals surface area contributed by atoms with E-state index in [2.05, 4.69) is 4.72 Å². The zero-order valence-electron chi connectivity index (χ0n) is 12.1. The molecular weight excluding hydrogens is 290 g/mol. The van der Waals surface area contributed by atoms with Gasteiger partial charge >= 0.3 is 5.97 Å². The van der Waals surface area contributed by atoms with Crippen molar-refractivity contribution in [3.05, 3.63) is 29.8 Å². The van der Waals surface area contributed by atoms with Crippen molar-refractivity contribution in [2.24, 2.45) is 5.41 Å². The van der Waals surface area contributed by atoms with E-state index in [4.69, 9.17) is 0 Å². The molecule has 2 fully saturated rings. The fourth-order valence-electron chi connectivity index (χ4n) is 2.63. The number of nitrogens with one attached hydrogen (secondary N) is 1. The van der Waals surface area contributed by atoms with Gasteiger partial charge in [-0.15, -0.1) is 0 Å². The summed E-state index contributed by atoms with van der Waals surface area (Å²) in [5, 5.41) is 9.24. The highest BCUT2D eigenvalue weighted by Crippen LogP contribution is 2.48. The topological polar surface area (TPSA) is 83.5 Å². The van der Waals surface area contributed by atoms with Crippen LogP contribution < -0.4 is 4.72 Å². The van der Waals surface area contributed by atoms with Crippen LogP contribution in [0.2, 0.25) is 0 Å². The van der Waals surface area contributed by atoms with Crippen LogP contribution in [-0.4, -0.2) is 25.5 Å². The summed E-state index contributed by atoms with van der Waals surface area (Å²) in [7, 11) is -3.53. The molecule has 0 aromatic heterocycles. The Balaban J connectivity index is 1.80. The van der Waals surface area contributed by atoms with Crippen molar-refractivity contribution >= 4 is 16.0 Å².